The third-order valence-electron chi connectivity index (χ3n) is 4.74. The number of hydrogen-bond donors (Lipinski definition) is 1. The van der Waals surface area contributed by atoms with Gasteiger partial charge < -0.3 is 19.1 Å². The highest BCUT2D eigenvalue weighted by Crippen LogP contribution is 2.33. The fourth-order valence-electron chi connectivity index (χ4n) is 3.29. The number of nitrogens with zero attached hydrogens (tertiary/aromatic N) is 2. The third-order valence-corrected chi connectivity index (χ3v) is 4.74. The SMILES string of the molecule is Cn1c(CN2CCOCC2)c(C(=O)C2CO2)c2cc(O)c(F)cc21. The van der Waals surface area contributed by atoms with E-state index in [1.807, 2.05) is 11.6 Å². The molecule has 1 N–H and O–H groups in total. The number of halogens is 1. The number of aromatic hydroxyl groups is 1. The van der Waals surface area contributed by atoms with E-state index in [-0.39, 0.29) is 5.78 Å². The summed E-state index contributed by atoms with van der Waals surface area (Å²) in [7, 11) is 1.82. The number of aryl methyl sites for hydroxylation is 1. The van der Waals surface area contributed by atoms with E-state index in [4.69, 9.17) is 9.47 Å². The summed E-state index contributed by atoms with van der Waals surface area (Å²) >= 11 is 0. The zero-order valence-electron chi connectivity index (χ0n) is 13.4. The van der Waals surface area contributed by atoms with Gasteiger partial charge in [-0.25, -0.2) is 4.39 Å². The van der Waals surface area contributed by atoms with E-state index >= 15 is 0 Å². The minimum Gasteiger partial charge on any atom is -0.505 e. The first-order chi connectivity index (χ1) is 11.6. The number of hydrogen-bond acceptors (Lipinski definition) is 5. The highest BCUT2D eigenvalue weighted by molar-refractivity contribution is 6.12. The number of rotatable bonds is 4. The van der Waals surface area contributed by atoms with Gasteiger partial charge in [-0.05, 0) is 6.07 Å². The molecule has 4 rings (SSSR count). The maximum atomic E-state index is 13.8. The molecule has 0 bridgehead atoms. The van der Waals surface area contributed by atoms with Crippen LogP contribution in [0.5, 0.6) is 5.75 Å². The summed E-state index contributed by atoms with van der Waals surface area (Å²) in [4.78, 5) is 14.9. The second-order valence-electron chi connectivity index (χ2n) is 6.28. The fraction of sp³-hybridized carbons (Fsp3) is 0.471. The van der Waals surface area contributed by atoms with Crippen molar-refractivity contribution >= 4 is 16.7 Å². The van der Waals surface area contributed by atoms with E-state index in [2.05, 4.69) is 4.90 Å². The molecule has 24 heavy (non-hydrogen) atoms. The number of fused-ring (bicyclic) bond motifs is 1. The molecule has 2 aliphatic rings. The monoisotopic (exact) mass is 334 g/mol. The molecule has 1 aromatic carbocycles. The van der Waals surface area contributed by atoms with Gasteiger partial charge in [0.05, 0.1) is 30.9 Å². The number of carbonyl (C=O) groups is 1. The van der Waals surface area contributed by atoms with Crippen molar-refractivity contribution in [3.63, 3.8) is 0 Å². The fourth-order valence-corrected chi connectivity index (χ4v) is 3.29. The topological polar surface area (TPSA) is 67.2 Å². The van der Waals surface area contributed by atoms with Crippen LogP contribution < -0.4 is 0 Å². The Bertz CT molecular complexity index is 807. The van der Waals surface area contributed by atoms with Gasteiger partial charge in [-0.1, -0.05) is 0 Å². The van der Waals surface area contributed by atoms with Gasteiger partial charge in [0.1, 0.15) is 6.10 Å². The molecule has 0 amide bonds. The molecule has 1 atom stereocenters. The van der Waals surface area contributed by atoms with Crippen LogP contribution in [0.4, 0.5) is 4.39 Å². The molecule has 2 aromatic rings. The van der Waals surface area contributed by atoms with E-state index in [1.54, 1.807) is 0 Å². The third kappa shape index (κ3) is 2.58. The van der Waals surface area contributed by atoms with E-state index in [0.717, 1.165) is 18.8 Å². The van der Waals surface area contributed by atoms with Crippen LogP contribution in [0.15, 0.2) is 12.1 Å². The van der Waals surface area contributed by atoms with E-state index < -0.39 is 17.7 Å². The summed E-state index contributed by atoms with van der Waals surface area (Å²) in [6, 6.07) is 2.61. The molecular formula is C17H19FN2O4. The molecule has 0 aliphatic carbocycles. The van der Waals surface area contributed by atoms with Gasteiger partial charge in [0.25, 0.3) is 0 Å². The lowest BCUT2D eigenvalue weighted by molar-refractivity contribution is 0.0332. The number of carbonyl (C=O) groups excluding carboxylic acids is 1. The van der Waals surface area contributed by atoms with Gasteiger partial charge in [0.2, 0.25) is 0 Å². The van der Waals surface area contributed by atoms with Crippen LogP contribution in [0.3, 0.4) is 0 Å². The molecule has 0 spiro atoms. The van der Waals surface area contributed by atoms with Crippen molar-refractivity contribution in [3.05, 3.63) is 29.2 Å². The maximum Gasteiger partial charge on any atom is 0.196 e. The van der Waals surface area contributed by atoms with Gasteiger partial charge in [0.15, 0.2) is 17.3 Å². The summed E-state index contributed by atoms with van der Waals surface area (Å²) in [5.74, 6) is -1.24. The number of epoxide rings is 1. The molecule has 1 aromatic heterocycles. The van der Waals surface area contributed by atoms with Crippen LogP contribution in [-0.2, 0) is 23.1 Å². The Morgan fingerprint density at radius 2 is 2.08 bits per heavy atom. The Kier molecular flexibility index (Phi) is 3.79. The summed E-state index contributed by atoms with van der Waals surface area (Å²) in [5.41, 5.74) is 1.94. The number of morpholine rings is 1. The smallest absolute Gasteiger partial charge is 0.196 e. The average Bonchev–Trinajstić information content (AvgIpc) is 3.39. The molecule has 2 aliphatic heterocycles. The Hall–Kier alpha value is -1.96. The summed E-state index contributed by atoms with van der Waals surface area (Å²) < 4.78 is 26.2. The largest absolute Gasteiger partial charge is 0.505 e. The number of aromatic nitrogens is 1. The summed E-state index contributed by atoms with van der Waals surface area (Å²) in [6.07, 6.45) is -0.425. The molecule has 0 saturated carbocycles. The molecule has 0 radical (unpaired) electrons. The molecule has 3 heterocycles. The molecular weight excluding hydrogens is 315 g/mol. The van der Waals surface area contributed by atoms with Gasteiger partial charge in [-0.3, -0.25) is 9.69 Å². The zero-order chi connectivity index (χ0) is 16.8. The second kappa shape index (κ2) is 5.84. The zero-order valence-corrected chi connectivity index (χ0v) is 13.4. The number of phenolic OH excluding ortho intramolecular Hbond substituents is 1. The second-order valence-corrected chi connectivity index (χ2v) is 6.28. The van der Waals surface area contributed by atoms with E-state index in [9.17, 15) is 14.3 Å². The molecule has 1 unspecified atom stereocenters. The highest BCUT2D eigenvalue weighted by atomic mass is 19.1. The van der Waals surface area contributed by atoms with Crippen LogP contribution in [0.25, 0.3) is 10.9 Å². The van der Waals surface area contributed by atoms with Crippen LogP contribution in [-0.4, -0.2) is 59.4 Å². The van der Waals surface area contributed by atoms with Gasteiger partial charge in [-0.15, -0.1) is 0 Å². The predicted octanol–water partition coefficient (Wildman–Crippen LogP) is 1.44. The van der Waals surface area contributed by atoms with Gasteiger partial charge >= 0.3 is 0 Å². The molecule has 6 nitrogen and oxygen atoms in total. The van der Waals surface area contributed by atoms with Crippen molar-refractivity contribution in [2.24, 2.45) is 7.05 Å². The lowest BCUT2D eigenvalue weighted by Gasteiger charge is -2.27. The quantitative estimate of drug-likeness (QED) is 0.677. The normalized spacial score (nSPS) is 21.3. The van der Waals surface area contributed by atoms with Crippen LogP contribution >= 0.6 is 0 Å². The standard InChI is InChI=1S/C17H19FN2O4/c1-19-12-7-11(18)14(21)6-10(12)16(17(22)15-9-24-15)13(19)8-20-2-4-23-5-3-20/h6-7,15,21H,2-5,8-9H2,1H3. The first kappa shape index (κ1) is 15.6. The van der Waals surface area contributed by atoms with Crippen LogP contribution in [0.2, 0.25) is 0 Å². The van der Waals surface area contributed by atoms with Gasteiger partial charge in [0, 0.05) is 43.8 Å². The Morgan fingerprint density at radius 3 is 2.75 bits per heavy atom. The first-order valence-corrected chi connectivity index (χ1v) is 8.02. The number of benzene rings is 1. The lowest BCUT2D eigenvalue weighted by atomic mass is 10.0. The Labute approximate surface area is 138 Å². The lowest BCUT2D eigenvalue weighted by Crippen LogP contribution is -2.36. The van der Waals surface area contributed by atoms with Crippen molar-refractivity contribution < 1.29 is 23.8 Å². The Balaban J connectivity index is 1.84. The molecule has 7 heteroatoms. The number of phenols is 1. The van der Waals surface area contributed by atoms with E-state index in [0.29, 0.717) is 42.8 Å². The molecule has 128 valence electrons. The number of Topliss-reactive ketones (excluding diaryl/α,β-unsaturated/α-hetero) is 1. The van der Waals surface area contributed by atoms with Crippen LogP contribution in [0, 0.1) is 5.82 Å². The van der Waals surface area contributed by atoms with Crippen molar-refractivity contribution in [1.82, 2.24) is 9.47 Å². The minimum atomic E-state index is -0.692. The van der Waals surface area contributed by atoms with Crippen molar-refractivity contribution in [3.8, 4) is 5.75 Å². The van der Waals surface area contributed by atoms with Crippen LogP contribution in [0.1, 0.15) is 16.1 Å². The average molecular weight is 334 g/mol. The maximum absolute atomic E-state index is 13.8. The van der Waals surface area contributed by atoms with Gasteiger partial charge in [-0.2, -0.15) is 0 Å². The number of ketones is 1. The van der Waals surface area contributed by atoms with Crippen molar-refractivity contribution in [2.75, 3.05) is 32.9 Å². The molecule has 2 fully saturated rings. The van der Waals surface area contributed by atoms with Crippen molar-refractivity contribution in [1.29, 1.82) is 0 Å². The minimum absolute atomic E-state index is 0.102. The molecule has 2 saturated heterocycles. The van der Waals surface area contributed by atoms with E-state index in [1.165, 1.54) is 12.1 Å². The predicted molar refractivity (Wildman–Crippen MR) is 84.7 cm³/mol. The highest BCUT2D eigenvalue weighted by Gasteiger charge is 2.36. The summed E-state index contributed by atoms with van der Waals surface area (Å²) in [6.45, 7) is 3.89. The summed E-state index contributed by atoms with van der Waals surface area (Å²) in [5, 5.41) is 10.3. The van der Waals surface area contributed by atoms with Crippen molar-refractivity contribution in [2.45, 2.75) is 12.6 Å². The Morgan fingerprint density at radius 1 is 1.38 bits per heavy atom. The first-order valence-electron chi connectivity index (χ1n) is 8.02. The number of ether oxygens (including phenoxy) is 2.